The number of nitrogens with zero attached hydrogens (tertiary/aromatic N) is 4. The third kappa shape index (κ3) is 2.87. The highest BCUT2D eigenvalue weighted by Crippen LogP contribution is 2.29. The molecule has 0 unspecified atom stereocenters. The molecule has 1 heterocycles. The summed E-state index contributed by atoms with van der Waals surface area (Å²) in [5, 5.41) is 0.874. The van der Waals surface area contributed by atoms with E-state index >= 15 is 0 Å². The average Bonchev–Trinajstić information content (AvgIpc) is 3.05. The Bertz CT molecular complexity index is 637. The van der Waals surface area contributed by atoms with Crippen LogP contribution in [0.25, 0.3) is 0 Å². The van der Waals surface area contributed by atoms with Crippen molar-refractivity contribution in [3.63, 3.8) is 0 Å². The summed E-state index contributed by atoms with van der Waals surface area (Å²) in [5.74, 6) is 0.712. The molecule has 1 aromatic heterocycles. The lowest BCUT2D eigenvalue weighted by atomic mass is 10.3. The fourth-order valence-electron chi connectivity index (χ4n) is 2.01. The van der Waals surface area contributed by atoms with Crippen molar-refractivity contribution in [1.82, 2.24) is 9.36 Å². The smallest absolute Gasteiger partial charge is 0.243 e. The van der Waals surface area contributed by atoms with E-state index in [0.29, 0.717) is 5.95 Å². The normalized spacial score (nSPS) is 10.4. The van der Waals surface area contributed by atoms with E-state index in [4.69, 9.17) is 0 Å². The summed E-state index contributed by atoms with van der Waals surface area (Å²) >= 11 is 1.40. The summed E-state index contributed by atoms with van der Waals surface area (Å²) < 4.78 is 4.45. The van der Waals surface area contributed by atoms with E-state index < -0.39 is 0 Å². The van der Waals surface area contributed by atoms with Crippen LogP contribution in [0, 0.1) is 0 Å². The van der Waals surface area contributed by atoms with Crippen molar-refractivity contribution in [2.45, 2.75) is 0 Å². The van der Waals surface area contributed by atoms with E-state index in [1.165, 1.54) is 11.5 Å². The van der Waals surface area contributed by atoms with E-state index in [1.54, 1.807) is 0 Å². The van der Waals surface area contributed by atoms with Gasteiger partial charge in [-0.1, -0.05) is 36.4 Å². The Morgan fingerprint density at radius 1 is 0.762 bits per heavy atom. The van der Waals surface area contributed by atoms with Crippen LogP contribution in [0.1, 0.15) is 0 Å². The lowest BCUT2D eigenvalue weighted by Gasteiger charge is -2.16. The zero-order valence-corrected chi connectivity index (χ0v) is 12.8. The van der Waals surface area contributed by atoms with Gasteiger partial charge < -0.3 is 9.80 Å². The second-order valence-corrected chi connectivity index (χ2v) is 5.40. The summed E-state index contributed by atoms with van der Waals surface area (Å²) in [6, 6.07) is 20.3. The molecule has 3 aromatic rings. The molecule has 0 saturated carbocycles. The van der Waals surface area contributed by atoms with Gasteiger partial charge >= 0.3 is 0 Å². The van der Waals surface area contributed by atoms with Gasteiger partial charge in [-0.2, -0.15) is 9.36 Å². The molecule has 106 valence electrons. The summed E-state index contributed by atoms with van der Waals surface area (Å²) in [6.45, 7) is 0. The van der Waals surface area contributed by atoms with Gasteiger partial charge in [0, 0.05) is 37.0 Å². The summed E-state index contributed by atoms with van der Waals surface area (Å²) in [7, 11) is 3.98. The second-order valence-electron chi connectivity index (χ2n) is 4.67. The summed E-state index contributed by atoms with van der Waals surface area (Å²) in [6.07, 6.45) is 0. The van der Waals surface area contributed by atoms with Crippen LogP contribution in [0.4, 0.5) is 22.5 Å². The van der Waals surface area contributed by atoms with E-state index in [9.17, 15) is 0 Å². The molecule has 4 nitrogen and oxygen atoms in total. The van der Waals surface area contributed by atoms with E-state index in [2.05, 4.69) is 21.5 Å². The van der Waals surface area contributed by atoms with Gasteiger partial charge in [0.05, 0.1) is 0 Å². The minimum atomic E-state index is 0.712. The van der Waals surface area contributed by atoms with Crippen LogP contribution in [0.15, 0.2) is 60.7 Å². The number of benzene rings is 2. The van der Waals surface area contributed by atoms with Crippen molar-refractivity contribution < 1.29 is 0 Å². The molecule has 2 aromatic carbocycles. The standard InChI is InChI=1S/C16H16N4S/c1-19(13-9-5-3-6-10-13)15-17-16(21-18-15)20(2)14-11-7-4-8-12-14/h3-12H,1-2H3. The zero-order valence-electron chi connectivity index (χ0n) is 12.0. The lowest BCUT2D eigenvalue weighted by molar-refractivity contribution is 1.08. The molecule has 0 N–H and O–H groups in total. The Labute approximate surface area is 128 Å². The topological polar surface area (TPSA) is 32.3 Å². The molecule has 0 amide bonds. The van der Waals surface area contributed by atoms with Crippen LogP contribution in [0.2, 0.25) is 0 Å². The molecular formula is C16H16N4S. The molecule has 0 radical (unpaired) electrons. The predicted molar refractivity (Wildman–Crippen MR) is 88.9 cm³/mol. The van der Waals surface area contributed by atoms with Crippen molar-refractivity contribution >= 4 is 34.0 Å². The van der Waals surface area contributed by atoms with Crippen LogP contribution in [-0.2, 0) is 0 Å². The third-order valence-electron chi connectivity index (χ3n) is 3.28. The average molecular weight is 296 g/mol. The van der Waals surface area contributed by atoms with Crippen molar-refractivity contribution in [2.24, 2.45) is 0 Å². The number of rotatable bonds is 4. The zero-order chi connectivity index (χ0) is 14.7. The third-order valence-corrected chi connectivity index (χ3v) is 4.06. The van der Waals surface area contributed by atoms with Gasteiger partial charge in [0.15, 0.2) is 0 Å². The Hall–Kier alpha value is -2.40. The Morgan fingerprint density at radius 2 is 1.29 bits per heavy atom. The SMILES string of the molecule is CN(c1ccccc1)c1nsc(N(C)c2ccccc2)n1. The van der Waals surface area contributed by atoms with Gasteiger partial charge in [-0.25, -0.2) is 0 Å². The first-order chi connectivity index (χ1) is 10.3. The molecule has 0 saturated heterocycles. The van der Waals surface area contributed by atoms with Gasteiger partial charge in [0.2, 0.25) is 11.1 Å². The highest BCUT2D eigenvalue weighted by molar-refractivity contribution is 7.10. The van der Waals surface area contributed by atoms with Gasteiger partial charge in [-0.05, 0) is 24.3 Å². The van der Waals surface area contributed by atoms with E-state index in [1.807, 2.05) is 72.4 Å². The largest absolute Gasteiger partial charge is 0.320 e. The van der Waals surface area contributed by atoms with Crippen molar-refractivity contribution in [3.05, 3.63) is 60.7 Å². The predicted octanol–water partition coefficient (Wildman–Crippen LogP) is 4.07. The van der Waals surface area contributed by atoms with Gasteiger partial charge in [0.1, 0.15) is 0 Å². The van der Waals surface area contributed by atoms with Crippen molar-refractivity contribution in [2.75, 3.05) is 23.9 Å². The van der Waals surface area contributed by atoms with Crippen molar-refractivity contribution in [1.29, 1.82) is 0 Å². The Kier molecular flexibility index (Phi) is 3.83. The van der Waals surface area contributed by atoms with Gasteiger partial charge in [-0.3, -0.25) is 0 Å². The first-order valence-corrected chi connectivity index (χ1v) is 7.44. The van der Waals surface area contributed by atoms with Crippen LogP contribution in [0.5, 0.6) is 0 Å². The van der Waals surface area contributed by atoms with E-state index in [-0.39, 0.29) is 0 Å². The molecule has 0 atom stereocenters. The van der Waals surface area contributed by atoms with E-state index in [0.717, 1.165) is 16.5 Å². The quantitative estimate of drug-likeness (QED) is 0.726. The minimum Gasteiger partial charge on any atom is -0.320 e. The molecule has 21 heavy (non-hydrogen) atoms. The second kappa shape index (κ2) is 5.93. The monoisotopic (exact) mass is 296 g/mol. The van der Waals surface area contributed by atoms with Crippen LogP contribution in [0.3, 0.4) is 0 Å². The first kappa shape index (κ1) is 13.6. The maximum absolute atomic E-state index is 4.62. The Balaban J connectivity index is 1.84. The molecule has 0 aliphatic rings. The maximum atomic E-state index is 4.62. The van der Waals surface area contributed by atoms with Crippen LogP contribution >= 0.6 is 11.5 Å². The summed E-state index contributed by atoms with van der Waals surface area (Å²) in [5.41, 5.74) is 2.17. The summed E-state index contributed by atoms with van der Waals surface area (Å²) in [4.78, 5) is 8.65. The first-order valence-electron chi connectivity index (χ1n) is 6.67. The Morgan fingerprint density at radius 3 is 1.86 bits per heavy atom. The number of anilines is 4. The highest BCUT2D eigenvalue weighted by atomic mass is 32.1. The van der Waals surface area contributed by atoms with Gasteiger partial charge in [0.25, 0.3) is 0 Å². The molecular weight excluding hydrogens is 280 g/mol. The molecule has 3 rings (SSSR count). The molecule has 0 aliphatic carbocycles. The number of aromatic nitrogens is 2. The highest BCUT2D eigenvalue weighted by Gasteiger charge is 2.13. The number of hydrogen-bond acceptors (Lipinski definition) is 5. The van der Waals surface area contributed by atoms with Gasteiger partial charge in [-0.15, -0.1) is 0 Å². The maximum Gasteiger partial charge on any atom is 0.243 e. The number of para-hydroxylation sites is 2. The molecule has 0 bridgehead atoms. The molecule has 0 aliphatic heterocycles. The fourth-order valence-corrected chi connectivity index (χ4v) is 2.69. The molecule has 5 heteroatoms. The van der Waals surface area contributed by atoms with Crippen LogP contribution < -0.4 is 9.80 Å². The molecule has 0 fully saturated rings. The molecule has 0 spiro atoms. The minimum absolute atomic E-state index is 0.712. The number of hydrogen-bond donors (Lipinski definition) is 0. The lowest BCUT2D eigenvalue weighted by Crippen LogP contribution is -2.12. The fraction of sp³-hybridized carbons (Fsp3) is 0.125. The van der Waals surface area contributed by atoms with Crippen LogP contribution in [-0.4, -0.2) is 23.5 Å². The van der Waals surface area contributed by atoms with Crippen molar-refractivity contribution in [3.8, 4) is 0 Å².